The second-order valence-corrected chi connectivity index (χ2v) is 5.44. The van der Waals surface area contributed by atoms with Gasteiger partial charge in [-0.25, -0.2) is 0 Å². The number of nitrogens with one attached hydrogen (secondary N) is 1. The first kappa shape index (κ1) is 14.7. The highest BCUT2D eigenvalue weighted by Crippen LogP contribution is 2.28. The van der Waals surface area contributed by atoms with E-state index in [9.17, 15) is 4.79 Å². The molecule has 0 atom stereocenters. The van der Waals surface area contributed by atoms with Crippen molar-refractivity contribution in [1.82, 2.24) is 0 Å². The Bertz CT molecular complexity index is 684. The molecule has 0 aliphatic heterocycles. The maximum atomic E-state index is 12.2. The number of amides is 1. The van der Waals surface area contributed by atoms with Crippen molar-refractivity contribution in [1.29, 1.82) is 0 Å². The van der Waals surface area contributed by atoms with E-state index in [0.29, 0.717) is 27.0 Å². The lowest BCUT2D eigenvalue weighted by Crippen LogP contribution is -2.14. The van der Waals surface area contributed by atoms with Crippen LogP contribution in [0.15, 0.2) is 30.3 Å². The third kappa shape index (κ3) is 3.06. The SMILES string of the molecule is Cc1ccc(C(=O)Nc2cc(Cl)c(C)cc2N)c(Cl)c1. The molecule has 0 unspecified atom stereocenters. The summed E-state index contributed by atoms with van der Waals surface area (Å²) in [5, 5.41) is 3.67. The van der Waals surface area contributed by atoms with E-state index in [1.165, 1.54) is 0 Å². The van der Waals surface area contributed by atoms with E-state index >= 15 is 0 Å². The third-order valence-corrected chi connectivity index (χ3v) is 3.67. The number of carbonyl (C=O) groups is 1. The van der Waals surface area contributed by atoms with Crippen LogP contribution in [0.1, 0.15) is 21.5 Å². The Balaban J connectivity index is 2.30. The topological polar surface area (TPSA) is 55.1 Å². The summed E-state index contributed by atoms with van der Waals surface area (Å²) in [7, 11) is 0. The van der Waals surface area contributed by atoms with Gasteiger partial charge in [0.05, 0.1) is 22.0 Å². The van der Waals surface area contributed by atoms with Gasteiger partial charge < -0.3 is 11.1 Å². The molecule has 0 spiro atoms. The summed E-state index contributed by atoms with van der Waals surface area (Å²) >= 11 is 12.1. The molecular formula is C15H14Cl2N2O. The van der Waals surface area contributed by atoms with Gasteiger partial charge in [0.2, 0.25) is 0 Å². The first-order valence-corrected chi connectivity index (χ1v) is 6.77. The Labute approximate surface area is 127 Å². The molecule has 0 aliphatic rings. The van der Waals surface area contributed by atoms with Gasteiger partial charge in [0.25, 0.3) is 5.91 Å². The molecule has 0 bridgehead atoms. The summed E-state index contributed by atoms with van der Waals surface area (Å²) in [6.45, 7) is 3.76. The first-order chi connectivity index (χ1) is 9.38. The summed E-state index contributed by atoms with van der Waals surface area (Å²) in [5.41, 5.74) is 9.05. The maximum Gasteiger partial charge on any atom is 0.257 e. The van der Waals surface area contributed by atoms with Gasteiger partial charge in [0, 0.05) is 5.02 Å². The predicted molar refractivity (Wildman–Crippen MR) is 84.7 cm³/mol. The van der Waals surface area contributed by atoms with Crippen molar-refractivity contribution in [3.63, 3.8) is 0 Å². The zero-order chi connectivity index (χ0) is 14.9. The van der Waals surface area contributed by atoms with Gasteiger partial charge in [-0.2, -0.15) is 0 Å². The minimum atomic E-state index is -0.318. The molecule has 5 heteroatoms. The predicted octanol–water partition coefficient (Wildman–Crippen LogP) is 4.44. The Morgan fingerprint density at radius 2 is 1.80 bits per heavy atom. The summed E-state index contributed by atoms with van der Waals surface area (Å²) in [6.07, 6.45) is 0. The highest BCUT2D eigenvalue weighted by Gasteiger charge is 2.13. The van der Waals surface area contributed by atoms with Crippen LogP contribution in [0.5, 0.6) is 0 Å². The molecule has 0 radical (unpaired) electrons. The van der Waals surface area contributed by atoms with Crippen LogP contribution >= 0.6 is 23.2 Å². The number of aryl methyl sites for hydroxylation is 2. The van der Waals surface area contributed by atoms with Crippen molar-refractivity contribution in [2.24, 2.45) is 0 Å². The quantitative estimate of drug-likeness (QED) is 0.806. The minimum absolute atomic E-state index is 0.318. The highest BCUT2D eigenvalue weighted by atomic mass is 35.5. The number of carbonyl (C=O) groups excluding carboxylic acids is 1. The van der Waals surface area contributed by atoms with Gasteiger partial charge >= 0.3 is 0 Å². The van der Waals surface area contributed by atoms with Gasteiger partial charge in [-0.05, 0) is 49.2 Å². The molecule has 104 valence electrons. The number of rotatable bonds is 2. The van der Waals surface area contributed by atoms with E-state index in [1.54, 1.807) is 24.3 Å². The molecule has 2 aromatic rings. The molecule has 2 rings (SSSR count). The summed E-state index contributed by atoms with van der Waals surface area (Å²) in [5.74, 6) is -0.318. The fraction of sp³-hybridized carbons (Fsp3) is 0.133. The van der Waals surface area contributed by atoms with Gasteiger partial charge in [-0.1, -0.05) is 29.3 Å². The molecule has 3 N–H and O–H groups in total. The average Bonchev–Trinajstić information content (AvgIpc) is 2.35. The van der Waals surface area contributed by atoms with Crippen molar-refractivity contribution in [2.45, 2.75) is 13.8 Å². The van der Waals surface area contributed by atoms with E-state index in [4.69, 9.17) is 28.9 Å². The molecule has 0 aliphatic carbocycles. The summed E-state index contributed by atoms with van der Waals surface area (Å²) in [6, 6.07) is 8.59. The fourth-order valence-electron chi connectivity index (χ4n) is 1.81. The minimum Gasteiger partial charge on any atom is -0.397 e. The molecule has 2 aromatic carbocycles. The van der Waals surface area contributed by atoms with E-state index in [1.807, 2.05) is 19.9 Å². The molecule has 3 nitrogen and oxygen atoms in total. The molecule has 0 saturated carbocycles. The maximum absolute atomic E-state index is 12.2. The zero-order valence-corrected chi connectivity index (χ0v) is 12.6. The van der Waals surface area contributed by atoms with Gasteiger partial charge in [-0.15, -0.1) is 0 Å². The van der Waals surface area contributed by atoms with Gasteiger partial charge in [0.1, 0.15) is 0 Å². The standard InChI is InChI=1S/C15H14Cl2N2O/c1-8-3-4-10(12(17)5-8)15(20)19-14-7-11(16)9(2)6-13(14)18/h3-7H,18H2,1-2H3,(H,19,20). The summed E-state index contributed by atoms with van der Waals surface area (Å²) in [4.78, 5) is 12.2. The Morgan fingerprint density at radius 1 is 1.10 bits per heavy atom. The number of hydrogen-bond donors (Lipinski definition) is 2. The van der Waals surface area contributed by atoms with Crippen LogP contribution in [0.2, 0.25) is 10.0 Å². The summed E-state index contributed by atoms with van der Waals surface area (Å²) < 4.78 is 0. The van der Waals surface area contributed by atoms with E-state index in [2.05, 4.69) is 5.32 Å². The zero-order valence-electron chi connectivity index (χ0n) is 11.1. The van der Waals surface area contributed by atoms with Crippen LogP contribution in [-0.2, 0) is 0 Å². The third-order valence-electron chi connectivity index (χ3n) is 2.95. The molecule has 0 aromatic heterocycles. The van der Waals surface area contributed by atoms with Crippen molar-refractivity contribution in [2.75, 3.05) is 11.1 Å². The van der Waals surface area contributed by atoms with Crippen LogP contribution in [0.3, 0.4) is 0 Å². The Kier molecular flexibility index (Phi) is 4.21. The monoisotopic (exact) mass is 308 g/mol. The normalized spacial score (nSPS) is 10.4. The van der Waals surface area contributed by atoms with Crippen molar-refractivity contribution < 1.29 is 4.79 Å². The van der Waals surface area contributed by atoms with E-state index in [0.717, 1.165) is 11.1 Å². The second kappa shape index (κ2) is 5.73. The molecule has 0 saturated heterocycles. The van der Waals surface area contributed by atoms with Crippen LogP contribution in [0.4, 0.5) is 11.4 Å². The van der Waals surface area contributed by atoms with Crippen LogP contribution in [-0.4, -0.2) is 5.91 Å². The lowest BCUT2D eigenvalue weighted by molar-refractivity contribution is 0.102. The number of nitrogen functional groups attached to an aromatic ring is 1. The van der Waals surface area contributed by atoms with Crippen molar-refractivity contribution in [3.8, 4) is 0 Å². The smallest absolute Gasteiger partial charge is 0.257 e. The largest absolute Gasteiger partial charge is 0.397 e. The molecular weight excluding hydrogens is 295 g/mol. The van der Waals surface area contributed by atoms with Crippen molar-refractivity contribution >= 4 is 40.5 Å². The van der Waals surface area contributed by atoms with Gasteiger partial charge in [0.15, 0.2) is 0 Å². The molecule has 0 fully saturated rings. The number of halogens is 2. The number of nitrogens with two attached hydrogens (primary N) is 1. The number of anilines is 2. The second-order valence-electron chi connectivity index (χ2n) is 4.63. The van der Waals surface area contributed by atoms with Crippen LogP contribution in [0.25, 0.3) is 0 Å². The van der Waals surface area contributed by atoms with E-state index in [-0.39, 0.29) is 5.91 Å². The van der Waals surface area contributed by atoms with Gasteiger partial charge in [-0.3, -0.25) is 4.79 Å². The average molecular weight is 309 g/mol. The van der Waals surface area contributed by atoms with E-state index < -0.39 is 0 Å². The van der Waals surface area contributed by atoms with Crippen molar-refractivity contribution in [3.05, 3.63) is 57.1 Å². The lowest BCUT2D eigenvalue weighted by Gasteiger charge is -2.11. The molecule has 0 heterocycles. The fourth-order valence-corrected chi connectivity index (χ4v) is 2.29. The Morgan fingerprint density at radius 3 is 2.45 bits per heavy atom. The highest BCUT2D eigenvalue weighted by molar-refractivity contribution is 6.34. The lowest BCUT2D eigenvalue weighted by atomic mass is 10.1. The number of benzene rings is 2. The van der Waals surface area contributed by atoms with Crippen LogP contribution in [0, 0.1) is 13.8 Å². The van der Waals surface area contributed by atoms with Crippen LogP contribution < -0.4 is 11.1 Å². The Hall–Kier alpha value is -1.71. The molecule has 20 heavy (non-hydrogen) atoms. The molecule has 1 amide bonds. The number of hydrogen-bond acceptors (Lipinski definition) is 2. The first-order valence-electron chi connectivity index (χ1n) is 6.01.